The smallest absolute Gasteiger partial charge is 0.302 e. The van der Waals surface area contributed by atoms with Crippen LogP contribution in [0.3, 0.4) is 0 Å². The second-order valence-corrected chi connectivity index (χ2v) is 7.95. The lowest BCUT2D eigenvalue weighted by atomic mass is 9.93. The average molecular weight is 404 g/mol. The number of hydrogen-bond acceptors (Lipinski definition) is 6. The van der Waals surface area contributed by atoms with Crippen molar-refractivity contribution in [3.63, 3.8) is 0 Å². The van der Waals surface area contributed by atoms with E-state index in [4.69, 9.17) is 4.98 Å². The largest absolute Gasteiger partial charge is 0.351 e. The standard InChI is InChI=1S/C22H24N6O2/c1-27-20-17(19(26-27)21(29)28(30)16-9-3-2-4-10-16)12-11-14-13-23-22(25-18(14)20)24-15-7-5-6-8-15/h2-4,9-10,13,15,30H,5-8,11-12H2,1H3,(H,23,24,25). The third-order valence-corrected chi connectivity index (χ3v) is 5.96. The van der Waals surface area contributed by atoms with Crippen molar-refractivity contribution >= 4 is 17.5 Å². The molecule has 0 radical (unpaired) electrons. The molecule has 8 nitrogen and oxygen atoms in total. The van der Waals surface area contributed by atoms with Crippen molar-refractivity contribution < 1.29 is 10.0 Å². The first kappa shape index (κ1) is 18.7. The summed E-state index contributed by atoms with van der Waals surface area (Å²) in [6.45, 7) is 0. The van der Waals surface area contributed by atoms with Gasteiger partial charge in [0.2, 0.25) is 5.95 Å². The number of para-hydroxylation sites is 1. The number of aryl methyl sites for hydroxylation is 2. The summed E-state index contributed by atoms with van der Waals surface area (Å²) < 4.78 is 1.69. The number of benzene rings is 1. The lowest BCUT2D eigenvalue weighted by Crippen LogP contribution is -2.28. The molecule has 30 heavy (non-hydrogen) atoms. The second kappa shape index (κ2) is 7.53. The van der Waals surface area contributed by atoms with Gasteiger partial charge in [-0.05, 0) is 43.4 Å². The molecular weight excluding hydrogens is 380 g/mol. The van der Waals surface area contributed by atoms with Crippen LogP contribution in [-0.4, -0.2) is 36.9 Å². The number of nitrogens with zero attached hydrogens (tertiary/aromatic N) is 5. The summed E-state index contributed by atoms with van der Waals surface area (Å²) in [6, 6.07) is 9.15. The number of carbonyl (C=O) groups excluding carboxylic acids is 1. The first-order chi connectivity index (χ1) is 14.6. The molecule has 0 atom stereocenters. The van der Waals surface area contributed by atoms with Gasteiger partial charge in [0.25, 0.3) is 0 Å². The maximum absolute atomic E-state index is 13.0. The van der Waals surface area contributed by atoms with Crippen molar-refractivity contribution in [2.24, 2.45) is 7.05 Å². The highest BCUT2D eigenvalue weighted by molar-refractivity contribution is 6.05. The van der Waals surface area contributed by atoms with Crippen LogP contribution in [0.2, 0.25) is 0 Å². The number of nitrogens with one attached hydrogen (secondary N) is 1. The second-order valence-electron chi connectivity index (χ2n) is 7.95. The van der Waals surface area contributed by atoms with Crippen LogP contribution in [0, 0.1) is 0 Å². The molecule has 8 heteroatoms. The Balaban J connectivity index is 1.50. The average Bonchev–Trinajstić information content (AvgIpc) is 3.41. The number of aromatic nitrogens is 4. The van der Waals surface area contributed by atoms with Crippen LogP contribution < -0.4 is 10.4 Å². The summed E-state index contributed by atoms with van der Waals surface area (Å²) in [5, 5.41) is 19.0. The number of carbonyl (C=O) groups is 1. The minimum Gasteiger partial charge on any atom is -0.351 e. The SMILES string of the molecule is Cn1nc(C(=O)N(O)c2ccccc2)c2c1-c1nc(NC3CCCC3)ncc1CC2. The zero-order valence-corrected chi connectivity index (χ0v) is 16.9. The predicted molar refractivity (Wildman–Crippen MR) is 113 cm³/mol. The molecule has 2 aliphatic carbocycles. The van der Waals surface area contributed by atoms with Gasteiger partial charge in [0.05, 0.1) is 17.1 Å². The summed E-state index contributed by atoms with van der Waals surface area (Å²) >= 11 is 0. The van der Waals surface area contributed by atoms with Crippen molar-refractivity contribution in [3.8, 4) is 11.4 Å². The fraction of sp³-hybridized carbons (Fsp3) is 0.364. The summed E-state index contributed by atoms with van der Waals surface area (Å²) in [5.41, 5.74) is 4.15. The molecule has 0 bridgehead atoms. The van der Waals surface area contributed by atoms with Crippen LogP contribution in [0.15, 0.2) is 36.5 Å². The highest BCUT2D eigenvalue weighted by Crippen LogP contribution is 2.35. The minimum absolute atomic E-state index is 0.258. The van der Waals surface area contributed by atoms with Crippen molar-refractivity contribution in [3.05, 3.63) is 53.3 Å². The molecule has 2 aliphatic rings. The molecule has 2 N–H and O–H groups in total. The molecule has 0 spiro atoms. The summed E-state index contributed by atoms with van der Waals surface area (Å²) in [7, 11) is 1.81. The lowest BCUT2D eigenvalue weighted by Gasteiger charge is -2.19. The monoisotopic (exact) mass is 404 g/mol. The van der Waals surface area contributed by atoms with Crippen molar-refractivity contribution in [1.29, 1.82) is 0 Å². The Morgan fingerprint density at radius 3 is 2.73 bits per heavy atom. The molecule has 1 fully saturated rings. The van der Waals surface area contributed by atoms with E-state index in [2.05, 4.69) is 15.4 Å². The fourth-order valence-electron chi connectivity index (χ4n) is 4.44. The molecule has 2 heterocycles. The van der Waals surface area contributed by atoms with Crippen molar-refractivity contribution in [1.82, 2.24) is 19.7 Å². The molecule has 0 saturated heterocycles. The molecular formula is C22H24N6O2. The predicted octanol–water partition coefficient (Wildman–Crippen LogP) is 3.37. The van der Waals surface area contributed by atoms with Crippen LogP contribution in [0.5, 0.6) is 0 Å². The normalized spacial score (nSPS) is 15.5. The van der Waals surface area contributed by atoms with Gasteiger partial charge < -0.3 is 5.32 Å². The zero-order valence-electron chi connectivity index (χ0n) is 16.9. The van der Waals surface area contributed by atoms with Crippen LogP contribution >= 0.6 is 0 Å². The van der Waals surface area contributed by atoms with Gasteiger partial charge in [-0.1, -0.05) is 31.0 Å². The van der Waals surface area contributed by atoms with E-state index >= 15 is 0 Å². The number of hydroxylamine groups is 1. The number of rotatable bonds is 4. The first-order valence-electron chi connectivity index (χ1n) is 10.4. The Hall–Kier alpha value is -3.26. The topological polar surface area (TPSA) is 96.2 Å². The van der Waals surface area contributed by atoms with E-state index in [0.717, 1.165) is 41.8 Å². The van der Waals surface area contributed by atoms with E-state index in [1.54, 1.807) is 36.0 Å². The fourth-order valence-corrected chi connectivity index (χ4v) is 4.44. The molecule has 1 amide bonds. The highest BCUT2D eigenvalue weighted by Gasteiger charge is 2.31. The van der Waals surface area contributed by atoms with Gasteiger partial charge in [0.15, 0.2) is 5.69 Å². The Morgan fingerprint density at radius 1 is 1.20 bits per heavy atom. The maximum atomic E-state index is 13.0. The van der Waals surface area contributed by atoms with Gasteiger partial charge >= 0.3 is 5.91 Å². The molecule has 2 aromatic heterocycles. The van der Waals surface area contributed by atoms with Gasteiger partial charge in [-0.15, -0.1) is 0 Å². The third kappa shape index (κ3) is 3.23. The zero-order chi connectivity index (χ0) is 20.7. The molecule has 0 aliphatic heterocycles. The van der Waals surface area contributed by atoms with E-state index in [-0.39, 0.29) is 5.69 Å². The van der Waals surface area contributed by atoms with E-state index in [9.17, 15) is 10.0 Å². The Labute approximate surface area is 174 Å². The highest BCUT2D eigenvalue weighted by atomic mass is 16.5. The van der Waals surface area contributed by atoms with Crippen molar-refractivity contribution in [2.75, 3.05) is 10.4 Å². The van der Waals surface area contributed by atoms with E-state index in [0.29, 0.717) is 29.2 Å². The molecule has 5 rings (SSSR count). The molecule has 1 aromatic carbocycles. The molecule has 3 aromatic rings. The van der Waals surface area contributed by atoms with Gasteiger partial charge in [0, 0.05) is 24.8 Å². The summed E-state index contributed by atoms with van der Waals surface area (Å²) in [5.74, 6) is 0.0792. The molecule has 1 saturated carbocycles. The molecule has 0 unspecified atom stereocenters. The van der Waals surface area contributed by atoms with Crippen LogP contribution in [-0.2, 0) is 19.9 Å². The number of anilines is 2. The van der Waals surface area contributed by atoms with Crippen LogP contribution in [0.1, 0.15) is 47.3 Å². The van der Waals surface area contributed by atoms with E-state index < -0.39 is 5.91 Å². The van der Waals surface area contributed by atoms with Gasteiger partial charge in [0.1, 0.15) is 0 Å². The van der Waals surface area contributed by atoms with Gasteiger partial charge in [-0.3, -0.25) is 14.7 Å². The Morgan fingerprint density at radius 2 is 1.97 bits per heavy atom. The first-order valence-corrected chi connectivity index (χ1v) is 10.4. The number of fused-ring (bicyclic) bond motifs is 3. The Bertz CT molecular complexity index is 1090. The minimum atomic E-state index is -0.542. The summed E-state index contributed by atoms with van der Waals surface area (Å²) in [4.78, 5) is 22.3. The maximum Gasteiger partial charge on any atom is 0.302 e. The van der Waals surface area contributed by atoms with Crippen LogP contribution in [0.25, 0.3) is 11.4 Å². The van der Waals surface area contributed by atoms with E-state index in [1.807, 2.05) is 12.3 Å². The van der Waals surface area contributed by atoms with Gasteiger partial charge in [-0.2, -0.15) is 10.2 Å². The van der Waals surface area contributed by atoms with Crippen LogP contribution in [0.4, 0.5) is 11.6 Å². The number of hydrogen-bond donors (Lipinski definition) is 2. The molecule has 154 valence electrons. The van der Waals surface area contributed by atoms with Crippen molar-refractivity contribution in [2.45, 2.75) is 44.6 Å². The van der Waals surface area contributed by atoms with Gasteiger partial charge in [-0.25, -0.2) is 9.97 Å². The Kier molecular flexibility index (Phi) is 4.71. The third-order valence-electron chi connectivity index (χ3n) is 5.96. The summed E-state index contributed by atoms with van der Waals surface area (Å²) in [6.07, 6.45) is 8.01. The lowest BCUT2D eigenvalue weighted by molar-refractivity contribution is 0.0848. The van der Waals surface area contributed by atoms with E-state index in [1.165, 1.54) is 12.8 Å². The quantitative estimate of drug-likeness (QED) is 0.511. The number of amides is 1.